The van der Waals surface area contributed by atoms with Crippen molar-refractivity contribution in [2.45, 2.75) is 102 Å². The Morgan fingerprint density at radius 3 is 1.50 bits per heavy atom. The van der Waals surface area contributed by atoms with Crippen LogP contribution in [0.5, 0.6) is 0 Å². The van der Waals surface area contributed by atoms with Gasteiger partial charge in [-0.25, -0.2) is 4.79 Å². The fourth-order valence-electron chi connectivity index (χ4n) is 3.43. The number of carbonyl (C=O) groups excluding carboxylic acids is 1. The summed E-state index contributed by atoms with van der Waals surface area (Å²) < 4.78 is 22.2. The van der Waals surface area contributed by atoms with Gasteiger partial charge < -0.3 is 18.9 Å². The smallest absolute Gasteiger partial charge is 0.429 e. The molecule has 0 amide bonds. The second kappa shape index (κ2) is 10.9. The van der Waals surface area contributed by atoms with Crippen molar-refractivity contribution in [1.82, 2.24) is 0 Å². The number of hydrogen-bond donors (Lipinski definition) is 0. The Kier molecular flexibility index (Phi) is 8.89. The van der Waals surface area contributed by atoms with E-state index in [0.29, 0.717) is 25.4 Å². The molecule has 0 saturated heterocycles. The predicted molar refractivity (Wildman–Crippen MR) is 92.1 cm³/mol. The van der Waals surface area contributed by atoms with E-state index in [9.17, 15) is 4.79 Å². The van der Waals surface area contributed by atoms with Gasteiger partial charge in [0, 0.05) is 0 Å². The van der Waals surface area contributed by atoms with Crippen LogP contribution in [0.3, 0.4) is 0 Å². The summed E-state index contributed by atoms with van der Waals surface area (Å²) >= 11 is 0. The zero-order valence-corrected chi connectivity index (χ0v) is 15.3. The standard InChI is InChI=1S/C19H34O5/c1-15(13-21-17-9-5-3-6-10-17)23-19(20)24-16(2)14-22-18-11-7-4-8-12-18/h15-18H,3-14H2,1-2H3. The lowest BCUT2D eigenvalue weighted by Crippen LogP contribution is -2.29. The SMILES string of the molecule is CC(COC1CCCCC1)OC(=O)OC(C)COC1CCCCC1. The molecule has 2 unspecified atom stereocenters. The van der Waals surface area contributed by atoms with E-state index in [1.165, 1.54) is 38.5 Å². The van der Waals surface area contributed by atoms with Gasteiger partial charge in [-0.1, -0.05) is 38.5 Å². The molecular weight excluding hydrogens is 308 g/mol. The molecule has 0 aromatic carbocycles. The van der Waals surface area contributed by atoms with E-state index in [4.69, 9.17) is 18.9 Å². The lowest BCUT2D eigenvalue weighted by Gasteiger charge is -2.25. The molecule has 2 rings (SSSR count). The van der Waals surface area contributed by atoms with Gasteiger partial charge in [0.2, 0.25) is 0 Å². The molecule has 140 valence electrons. The highest BCUT2D eigenvalue weighted by atomic mass is 16.7. The highest BCUT2D eigenvalue weighted by Crippen LogP contribution is 2.21. The maximum Gasteiger partial charge on any atom is 0.508 e. The van der Waals surface area contributed by atoms with Crippen LogP contribution in [0.2, 0.25) is 0 Å². The van der Waals surface area contributed by atoms with Crippen LogP contribution in [-0.4, -0.2) is 43.8 Å². The van der Waals surface area contributed by atoms with E-state index in [1.807, 2.05) is 13.8 Å². The molecule has 2 aliphatic carbocycles. The molecule has 2 fully saturated rings. The Balaban J connectivity index is 1.53. The highest BCUT2D eigenvalue weighted by molar-refractivity contribution is 5.60. The van der Waals surface area contributed by atoms with Crippen molar-refractivity contribution in [3.8, 4) is 0 Å². The van der Waals surface area contributed by atoms with Gasteiger partial charge >= 0.3 is 6.16 Å². The highest BCUT2D eigenvalue weighted by Gasteiger charge is 2.20. The van der Waals surface area contributed by atoms with Gasteiger partial charge in [0.1, 0.15) is 12.2 Å². The van der Waals surface area contributed by atoms with Gasteiger partial charge in [-0.3, -0.25) is 0 Å². The molecule has 2 aliphatic rings. The first-order chi connectivity index (χ1) is 11.6. The van der Waals surface area contributed by atoms with Crippen LogP contribution >= 0.6 is 0 Å². The van der Waals surface area contributed by atoms with Crippen LogP contribution in [0.1, 0.15) is 78.1 Å². The zero-order valence-electron chi connectivity index (χ0n) is 15.3. The van der Waals surface area contributed by atoms with E-state index >= 15 is 0 Å². The largest absolute Gasteiger partial charge is 0.508 e. The van der Waals surface area contributed by atoms with Crippen LogP contribution in [0.25, 0.3) is 0 Å². The average molecular weight is 342 g/mol. The first kappa shape index (κ1) is 19.5. The summed E-state index contributed by atoms with van der Waals surface area (Å²) in [5.41, 5.74) is 0. The molecule has 0 bridgehead atoms. The van der Waals surface area contributed by atoms with Crippen LogP contribution in [0.15, 0.2) is 0 Å². The summed E-state index contributed by atoms with van der Waals surface area (Å²) in [5, 5.41) is 0. The average Bonchev–Trinajstić information content (AvgIpc) is 2.60. The molecular formula is C19H34O5. The normalized spacial score (nSPS) is 22.8. The van der Waals surface area contributed by atoms with Gasteiger partial charge in [-0.15, -0.1) is 0 Å². The monoisotopic (exact) mass is 342 g/mol. The van der Waals surface area contributed by atoms with Gasteiger partial charge in [-0.05, 0) is 39.5 Å². The Morgan fingerprint density at radius 2 is 1.12 bits per heavy atom. The van der Waals surface area contributed by atoms with Gasteiger partial charge in [0.05, 0.1) is 25.4 Å². The van der Waals surface area contributed by atoms with Crippen molar-refractivity contribution in [3.63, 3.8) is 0 Å². The molecule has 0 spiro atoms. The lowest BCUT2D eigenvalue weighted by atomic mass is 9.98. The summed E-state index contributed by atoms with van der Waals surface area (Å²) in [6, 6.07) is 0. The van der Waals surface area contributed by atoms with E-state index in [1.54, 1.807) is 0 Å². The Bertz CT molecular complexity index is 316. The molecule has 0 aromatic heterocycles. The molecule has 0 heterocycles. The first-order valence-electron chi connectivity index (χ1n) is 9.74. The number of ether oxygens (including phenoxy) is 4. The van der Waals surface area contributed by atoms with E-state index in [0.717, 1.165) is 25.7 Å². The molecule has 0 aliphatic heterocycles. The van der Waals surface area contributed by atoms with Crippen molar-refractivity contribution in [2.24, 2.45) is 0 Å². The number of carbonyl (C=O) groups is 1. The van der Waals surface area contributed by atoms with Gasteiger partial charge in [0.25, 0.3) is 0 Å². The summed E-state index contributed by atoms with van der Waals surface area (Å²) in [5.74, 6) is 0. The fourth-order valence-corrected chi connectivity index (χ4v) is 3.43. The second-order valence-electron chi connectivity index (χ2n) is 7.29. The van der Waals surface area contributed by atoms with Crippen LogP contribution in [0, 0.1) is 0 Å². The summed E-state index contributed by atoms with van der Waals surface area (Å²) in [4.78, 5) is 11.8. The quantitative estimate of drug-likeness (QED) is 0.603. The van der Waals surface area contributed by atoms with Gasteiger partial charge in [0.15, 0.2) is 0 Å². The van der Waals surface area contributed by atoms with Gasteiger partial charge in [-0.2, -0.15) is 0 Å². The molecule has 2 atom stereocenters. The van der Waals surface area contributed by atoms with Crippen molar-refractivity contribution in [3.05, 3.63) is 0 Å². The minimum absolute atomic E-state index is 0.286. The third-order valence-corrected chi connectivity index (χ3v) is 4.83. The zero-order chi connectivity index (χ0) is 17.2. The lowest BCUT2D eigenvalue weighted by molar-refractivity contribution is -0.0664. The Hall–Kier alpha value is -0.810. The van der Waals surface area contributed by atoms with E-state index < -0.39 is 6.16 Å². The molecule has 0 N–H and O–H groups in total. The third kappa shape index (κ3) is 7.84. The molecule has 0 radical (unpaired) electrons. The topological polar surface area (TPSA) is 54.0 Å². The van der Waals surface area contributed by atoms with Crippen molar-refractivity contribution in [1.29, 1.82) is 0 Å². The maximum atomic E-state index is 11.8. The molecule has 2 saturated carbocycles. The minimum atomic E-state index is -0.630. The minimum Gasteiger partial charge on any atom is -0.429 e. The van der Waals surface area contributed by atoms with Crippen molar-refractivity contribution < 1.29 is 23.7 Å². The van der Waals surface area contributed by atoms with E-state index in [2.05, 4.69) is 0 Å². The summed E-state index contributed by atoms with van der Waals surface area (Å²) in [7, 11) is 0. The molecule has 24 heavy (non-hydrogen) atoms. The third-order valence-electron chi connectivity index (χ3n) is 4.83. The van der Waals surface area contributed by atoms with Crippen LogP contribution < -0.4 is 0 Å². The summed E-state index contributed by atoms with van der Waals surface area (Å²) in [6.07, 6.45) is 11.5. The van der Waals surface area contributed by atoms with E-state index in [-0.39, 0.29) is 12.2 Å². The number of rotatable bonds is 8. The Morgan fingerprint density at radius 1 is 0.750 bits per heavy atom. The van der Waals surface area contributed by atoms with Crippen molar-refractivity contribution >= 4 is 6.16 Å². The molecule has 0 aromatic rings. The molecule has 5 nitrogen and oxygen atoms in total. The van der Waals surface area contributed by atoms with Crippen LogP contribution in [0.4, 0.5) is 4.79 Å². The second-order valence-corrected chi connectivity index (χ2v) is 7.29. The number of hydrogen-bond acceptors (Lipinski definition) is 5. The first-order valence-corrected chi connectivity index (χ1v) is 9.74. The maximum absolute atomic E-state index is 11.8. The fraction of sp³-hybridized carbons (Fsp3) is 0.947. The Labute approximate surface area is 146 Å². The predicted octanol–water partition coefficient (Wildman–Crippen LogP) is 4.62. The van der Waals surface area contributed by atoms with Crippen molar-refractivity contribution in [2.75, 3.05) is 13.2 Å². The van der Waals surface area contributed by atoms with Crippen LogP contribution in [-0.2, 0) is 18.9 Å². The summed E-state index contributed by atoms with van der Waals surface area (Å²) in [6.45, 7) is 4.56. The molecule has 5 heteroatoms.